The van der Waals surface area contributed by atoms with Gasteiger partial charge in [-0.3, -0.25) is 4.79 Å². The highest BCUT2D eigenvalue weighted by atomic mass is 16.2. The molecule has 1 aliphatic carbocycles. The first-order valence-corrected chi connectivity index (χ1v) is 9.38. The van der Waals surface area contributed by atoms with Gasteiger partial charge in [-0.25, -0.2) is 4.68 Å². The Kier molecular flexibility index (Phi) is 4.88. The molecule has 1 amide bonds. The van der Waals surface area contributed by atoms with E-state index in [-0.39, 0.29) is 5.91 Å². The molecular formula is C23H23N3O. The molecule has 0 aliphatic heterocycles. The van der Waals surface area contributed by atoms with Crippen LogP contribution in [0.2, 0.25) is 0 Å². The maximum Gasteiger partial charge on any atom is 0.275 e. The lowest BCUT2D eigenvalue weighted by molar-refractivity contribution is 0.0755. The fourth-order valence-electron chi connectivity index (χ4n) is 3.72. The first-order chi connectivity index (χ1) is 13.3. The lowest BCUT2D eigenvalue weighted by atomic mass is 10.1. The Balaban J connectivity index is 1.69. The zero-order valence-corrected chi connectivity index (χ0v) is 15.3. The fraction of sp³-hybridized carbons (Fsp3) is 0.217. The molecule has 1 aliphatic rings. The third-order valence-electron chi connectivity index (χ3n) is 4.99. The molecule has 4 heteroatoms. The SMILES string of the molecule is C=CCN(Cc1ccccc1)C(=O)c1nn(-c2ccccc2)c2c1CCC2. The van der Waals surface area contributed by atoms with E-state index in [9.17, 15) is 4.79 Å². The predicted molar refractivity (Wildman–Crippen MR) is 107 cm³/mol. The number of benzene rings is 2. The highest BCUT2D eigenvalue weighted by Gasteiger charge is 2.29. The second kappa shape index (κ2) is 7.62. The summed E-state index contributed by atoms with van der Waals surface area (Å²) in [5.41, 5.74) is 4.97. The number of carbonyl (C=O) groups excluding carboxylic acids is 1. The van der Waals surface area contributed by atoms with Gasteiger partial charge < -0.3 is 4.90 Å². The van der Waals surface area contributed by atoms with E-state index < -0.39 is 0 Å². The summed E-state index contributed by atoms with van der Waals surface area (Å²) in [4.78, 5) is 15.2. The molecule has 0 spiro atoms. The Labute approximate surface area is 159 Å². The zero-order valence-electron chi connectivity index (χ0n) is 15.3. The van der Waals surface area contributed by atoms with Crippen LogP contribution in [0.25, 0.3) is 5.69 Å². The molecule has 3 aromatic rings. The Morgan fingerprint density at radius 1 is 1.07 bits per heavy atom. The van der Waals surface area contributed by atoms with Gasteiger partial charge in [0.1, 0.15) is 0 Å². The van der Waals surface area contributed by atoms with Crippen molar-refractivity contribution in [1.29, 1.82) is 0 Å². The summed E-state index contributed by atoms with van der Waals surface area (Å²) in [6, 6.07) is 20.1. The van der Waals surface area contributed by atoms with Gasteiger partial charge in [-0.1, -0.05) is 54.6 Å². The van der Waals surface area contributed by atoms with Gasteiger partial charge in [0.05, 0.1) is 5.69 Å². The van der Waals surface area contributed by atoms with Crippen molar-refractivity contribution in [1.82, 2.24) is 14.7 Å². The van der Waals surface area contributed by atoms with Crippen LogP contribution in [0.4, 0.5) is 0 Å². The molecular weight excluding hydrogens is 334 g/mol. The number of para-hydroxylation sites is 1. The highest BCUT2D eigenvalue weighted by Crippen LogP contribution is 2.28. The molecule has 1 heterocycles. The van der Waals surface area contributed by atoms with Crippen LogP contribution in [0.15, 0.2) is 73.3 Å². The quantitative estimate of drug-likeness (QED) is 0.621. The standard InChI is InChI=1S/C23H23N3O/c1-2-16-25(17-18-10-5-3-6-11-18)23(27)22-20-14-9-15-21(20)26(24-22)19-12-7-4-8-13-19/h2-8,10-13H,1,9,14-17H2. The summed E-state index contributed by atoms with van der Waals surface area (Å²) in [5, 5.41) is 4.74. The normalized spacial score (nSPS) is 12.6. The van der Waals surface area contributed by atoms with Crippen LogP contribution in [-0.4, -0.2) is 27.1 Å². The van der Waals surface area contributed by atoms with Crippen LogP contribution in [0.3, 0.4) is 0 Å². The molecule has 0 saturated carbocycles. The van der Waals surface area contributed by atoms with E-state index in [2.05, 4.69) is 6.58 Å². The molecule has 0 radical (unpaired) electrons. The first kappa shape index (κ1) is 17.3. The van der Waals surface area contributed by atoms with E-state index >= 15 is 0 Å². The summed E-state index contributed by atoms with van der Waals surface area (Å²) in [7, 11) is 0. The highest BCUT2D eigenvalue weighted by molar-refractivity contribution is 5.94. The summed E-state index contributed by atoms with van der Waals surface area (Å²) in [6.45, 7) is 4.88. The number of carbonyl (C=O) groups is 1. The van der Waals surface area contributed by atoms with Gasteiger partial charge in [0.15, 0.2) is 5.69 Å². The van der Waals surface area contributed by atoms with E-state index in [0.29, 0.717) is 18.8 Å². The number of aromatic nitrogens is 2. The van der Waals surface area contributed by atoms with Gasteiger partial charge in [-0.2, -0.15) is 5.10 Å². The molecule has 0 N–H and O–H groups in total. The second-order valence-electron chi connectivity index (χ2n) is 6.83. The van der Waals surface area contributed by atoms with Gasteiger partial charge >= 0.3 is 0 Å². The molecule has 27 heavy (non-hydrogen) atoms. The van der Waals surface area contributed by atoms with E-state index in [1.807, 2.05) is 70.2 Å². The summed E-state index contributed by atoms with van der Waals surface area (Å²) >= 11 is 0. The summed E-state index contributed by atoms with van der Waals surface area (Å²) < 4.78 is 1.95. The van der Waals surface area contributed by atoms with Gasteiger partial charge in [0.2, 0.25) is 0 Å². The number of amides is 1. The summed E-state index contributed by atoms with van der Waals surface area (Å²) in [6.07, 6.45) is 4.72. The molecule has 136 valence electrons. The third-order valence-corrected chi connectivity index (χ3v) is 4.99. The van der Waals surface area contributed by atoms with Gasteiger partial charge in [-0.15, -0.1) is 6.58 Å². The van der Waals surface area contributed by atoms with Gasteiger partial charge in [-0.05, 0) is 37.0 Å². The number of rotatable bonds is 6. The van der Waals surface area contributed by atoms with Gasteiger partial charge in [0, 0.05) is 24.3 Å². The number of nitrogens with zero attached hydrogens (tertiary/aromatic N) is 3. The van der Waals surface area contributed by atoms with Crippen molar-refractivity contribution in [3.05, 3.63) is 95.8 Å². The van der Waals surface area contributed by atoms with Crippen molar-refractivity contribution >= 4 is 5.91 Å². The number of hydrogen-bond donors (Lipinski definition) is 0. The molecule has 0 atom stereocenters. The minimum atomic E-state index is -0.0217. The van der Waals surface area contributed by atoms with Crippen LogP contribution in [0.1, 0.15) is 33.7 Å². The predicted octanol–water partition coefficient (Wildman–Crippen LogP) is 4.19. The maximum atomic E-state index is 13.3. The van der Waals surface area contributed by atoms with Crippen molar-refractivity contribution in [2.75, 3.05) is 6.54 Å². The van der Waals surface area contributed by atoms with Crippen molar-refractivity contribution in [3.63, 3.8) is 0 Å². The Hall–Kier alpha value is -3.14. The Morgan fingerprint density at radius 2 is 1.78 bits per heavy atom. The van der Waals surface area contributed by atoms with Crippen LogP contribution < -0.4 is 0 Å². The molecule has 0 unspecified atom stereocenters. The van der Waals surface area contributed by atoms with Crippen molar-refractivity contribution < 1.29 is 4.79 Å². The lowest BCUT2D eigenvalue weighted by Gasteiger charge is -2.20. The van der Waals surface area contributed by atoms with E-state index in [1.165, 1.54) is 5.69 Å². The molecule has 4 rings (SSSR count). The van der Waals surface area contributed by atoms with Crippen LogP contribution in [-0.2, 0) is 19.4 Å². The molecule has 0 saturated heterocycles. The molecule has 2 aromatic carbocycles. The van der Waals surface area contributed by atoms with E-state index in [1.54, 1.807) is 6.08 Å². The second-order valence-corrected chi connectivity index (χ2v) is 6.83. The molecule has 4 nitrogen and oxygen atoms in total. The van der Waals surface area contributed by atoms with Crippen LogP contribution >= 0.6 is 0 Å². The third kappa shape index (κ3) is 3.43. The minimum Gasteiger partial charge on any atom is -0.329 e. The Bertz CT molecular complexity index is 945. The molecule has 0 fully saturated rings. The first-order valence-electron chi connectivity index (χ1n) is 9.38. The topological polar surface area (TPSA) is 38.1 Å². The lowest BCUT2D eigenvalue weighted by Crippen LogP contribution is -2.31. The Morgan fingerprint density at radius 3 is 2.48 bits per heavy atom. The molecule has 1 aromatic heterocycles. The average molecular weight is 357 g/mol. The van der Waals surface area contributed by atoms with Crippen molar-refractivity contribution in [3.8, 4) is 5.69 Å². The minimum absolute atomic E-state index is 0.0217. The smallest absolute Gasteiger partial charge is 0.275 e. The van der Waals surface area contributed by atoms with E-state index in [0.717, 1.165) is 36.1 Å². The number of fused-ring (bicyclic) bond motifs is 1. The monoisotopic (exact) mass is 357 g/mol. The van der Waals surface area contributed by atoms with Gasteiger partial charge in [0.25, 0.3) is 5.91 Å². The maximum absolute atomic E-state index is 13.3. The van der Waals surface area contributed by atoms with Crippen LogP contribution in [0.5, 0.6) is 0 Å². The fourth-order valence-corrected chi connectivity index (χ4v) is 3.72. The summed E-state index contributed by atoms with van der Waals surface area (Å²) in [5.74, 6) is -0.0217. The molecule has 0 bridgehead atoms. The van der Waals surface area contributed by atoms with Crippen LogP contribution in [0, 0.1) is 0 Å². The average Bonchev–Trinajstić information content (AvgIpc) is 3.31. The van der Waals surface area contributed by atoms with E-state index in [4.69, 9.17) is 5.10 Å². The number of hydrogen-bond acceptors (Lipinski definition) is 2. The largest absolute Gasteiger partial charge is 0.329 e. The van der Waals surface area contributed by atoms with Crippen molar-refractivity contribution in [2.24, 2.45) is 0 Å². The zero-order chi connectivity index (χ0) is 18.6. The van der Waals surface area contributed by atoms with Crippen molar-refractivity contribution in [2.45, 2.75) is 25.8 Å².